The maximum absolute atomic E-state index is 13.2. The Balaban J connectivity index is 1.78. The normalized spacial score (nSPS) is 13.0. The Morgan fingerprint density at radius 2 is 2.07 bits per heavy atom. The highest BCUT2D eigenvalue weighted by Gasteiger charge is 2.33. The minimum absolute atomic E-state index is 0.160. The summed E-state index contributed by atoms with van der Waals surface area (Å²) in [7, 11) is 1.73. The van der Waals surface area contributed by atoms with E-state index in [1.165, 1.54) is 23.5 Å². The van der Waals surface area contributed by atoms with E-state index in [1.54, 1.807) is 17.8 Å². The van der Waals surface area contributed by atoms with Crippen LogP contribution in [0, 0.1) is 0 Å². The molecule has 144 valence electrons. The lowest BCUT2D eigenvalue weighted by Crippen LogP contribution is -2.31. The monoisotopic (exact) mass is 415 g/mol. The molecule has 0 aliphatic rings. The Hall–Kier alpha value is -2.10. The summed E-state index contributed by atoms with van der Waals surface area (Å²) >= 11 is 7.47. The van der Waals surface area contributed by atoms with Gasteiger partial charge in [0.1, 0.15) is 5.69 Å². The van der Waals surface area contributed by atoms with Gasteiger partial charge >= 0.3 is 6.18 Å². The van der Waals surface area contributed by atoms with Gasteiger partial charge in [-0.2, -0.15) is 13.2 Å². The predicted octanol–water partition coefficient (Wildman–Crippen LogP) is 4.20. The SMILES string of the molecule is Cn1nnc(Cl)c1-c1csc(N[C@H](CN)Cc2ccccc2C(F)(F)F)c1. The minimum Gasteiger partial charge on any atom is -0.373 e. The molecule has 27 heavy (non-hydrogen) atoms. The molecule has 0 radical (unpaired) electrons. The van der Waals surface area contributed by atoms with E-state index in [2.05, 4.69) is 15.6 Å². The molecular weight excluding hydrogens is 399 g/mol. The van der Waals surface area contributed by atoms with Gasteiger partial charge in [0, 0.05) is 30.6 Å². The number of anilines is 1. The van der Waals surface area contributed by atoms with Crippen LogP contribution in [-0.4, -0.2) is 27.6 Å². The Morgan fingerprint density at radius 3 is 2.70 bits per heavy atom. The number of nitrogens with one attached hydrogen (secondary N) is 1. The topological polar surface area (TPSA) is 68.8 Å². The van der Waals surface area contributed by atoms with Gasteiger partial charge in [-0.05, 0) is 24.1 Å². The smallest absolute Gasteiger partial charge is 0.373 e. The molecule has 0 unspecified atom stereocenters. The summed E-state index contributed by atoms with van der Waals surface area (Å²) in [6, 6.07) is 7.05. The van der Waals surface area contributed by atoms with Crippen molar-refractivity contribution in [3.05, 3.63) is 52.0 Å². The van der Waals surface area contributed by atoms with Crippen molar-refractivity contribution in [2.45, 2.75) is 18.6 Å². The van der Waals surface area contributed by atoms with Crippen LogP contribution in [0.15, 0.2) is 35.7 Å². The molecule has 0 bridgehead atoms. The molecule has 2 aromatic heterocycles. The number of nitrogens with zero attached hydrogens (tertiary/aromatic N) is 3. The van der Waals surface area contributed by atoms with Gasteiger partial charge in [-0.15, -0.1) is 16.4 Å². The fourth-order valence-electron chi connectivity index (χ4n) is 2.81. The maximum atomic E-state index is 13.2. The average Bonchev–Trinajstić information content (AvgIpc) is 3.20. The van der Waals surface area contributed by atoms with E-state index in [1.807, 2.05) is 11.4 Å². The van der Waals surface area contributed by atoms with Crippen LogP contribution in [0.2, 0.25) is 5.15 Å². The van der Waals surface area contributed by atoms with Crippen molar-refractivity contribution < 1.29 is 13.2 Å². The lowest BCUT2D eigenvalue weighted by molar-refractivity contribution is -0.138. The van der Waals surface area contributed by atoms with E-state index in [0.29, 0.717) is 5.69 Å². The fourth-order valence-corrected chi connectivity index (χ4v) is 3.94. The maximum Gasteiger partial charge on any atom is 0.416 e. The standard InChI is InChI=1S/C17H17ClF3N5S/c1-26-15(16(18)24-25-26)11-7-14(27-9-11)23-12(8-22)6-10-4-2-3-5-13(10)17(19,20)21/h2-5,7,9,12,23H,6,8,22H2,1H3/t12-/m0/s1. The van der Waals surface area contributed by atoms with Crippen LogP contribution in [-0.2, 0) is 19.6 Å². The largest absolute Gasteiger partial charge is 0.416 e. The summed E-state index contributed by atoms with van der Waals surface area (Å²) in [5.41, 5.74) is 6.87. The van der Waals surface area contributed by atoms with Crippen molar-refractivity contribution in [3.63, 3.8) is 0 Å². The molecule has 1 atom stereocenters. The summed E-state index contributed by atoms with van der Waals surface area (Å²) in [6.45, 7) is 0.188. The molecule has 3 aromatic rings. The van der Waals surface area contributed by atoms with Gasteiger partial charge < -0.3 is 11.1 Å². The molecule has 10 heteroatoms. The van der Waals surface area contributed by atoms with Crippen LogP contribution < -0.4 is 11.1 Å². The van der Waals surface area contributed by atoms with Crippen molar-refractivity contribution in [2.75, 3.05) is 11.9 Å². The van der Waals surface area contributed by atoms with E-state index >= 15 is 0 Å². The van der Waals surface area contributed by atoms with E-state index in [0.717, 1.165) is 16.6 Å². The highest BCUT2D eigenvalue weighted by atomic mass is 35.5. The van der Waals surface area contributed by atoms with Crippen LogP contribution in [0.1, 0.15) is 11.1 Å². The zero-order valence-electron chi connectivity index (χ0n) is 14.3. The number of hydrogen-bond acceptors (Lipinski definition) is 5. The minimum atomic E-state index is -4.39. The number of hydrogen-bond donors (Lipinski definition) is 2. The van der Waals surface area contributed by atoms with Gasteiger partial charge in [0.2, 0.25) is 0 Å². The molecule has 0 amide bonds. The molecule has 0 aliphatic carbocycles. The van der Waals surface area contributed by atoms with Crippen molar-refractivity contribution in [2.24, 2.45) is 12.8 Å². The molecule has 0 saturated carbocycles. The Morgan fingerprint density at radius 1 is 1.33 bits per heavy atom. The summed E-state index contributed by atoms with van der Waals surface area (Å²) in [6.07, 6.45) is -4.23. The van der Waals surface area contributed by atoms with Gasteiger partial charge in [-0.25, -0.2) is 4.68 Å². The van der Waals surface area contributed by atoms with Crippen LogP contribution in [0.3, 0.4) is 0 Å². The van der Waals surface area contributed by atoms with Crippen LogP contribution in [0.5, 0.6) is 0 Å². The van der Waals surface area contributed by atoms with Crippen molar-refractivity contribution in [3.8, 4) is 11.3 Å². The van der Waals surface area contributed by atoms with Crippen LogP contribution in [0.25, 0.3) is 11.3 Å². The molecule has 0 saturated heterocycles. The first-order valence-corrected chi connectivity index (χ1v) is 9.31. The molecule has 0 spiro atoms. The lowest BCUT2D eigenvalue weighted by Gasteiger charge is -2.19. The molecule has 3 N–H and O–H groups in total. The number of nitrogens with two attached hydrogens (primary N) is 1. The number of aryl methyl sites for hydroxylation is 1. The molecule has 5 nitrogen and oxygen atoms in total. The van der Waals surface area contributed by atoms with Crippen molar-refractivity contribution in [1.82, 2.24) is 15.0 Å². The van der Waals surface area contributed by atoms with E-state index in [-0.39, 0.29) is 29.7 Å². The molecule has 0 aliphatic heterocycles. The number of benzene rings is 1. The zero-order valence-corrected chi connectivity index (χ0v) is 15.9. The zero-order chi connectivity index (χ0) is 19.6. The van der Waals surface area contributed by atoms with Gasteiger partial charge in [0.15, 0.2) is 5.15 Å². The first-order valence-electron chi connectivity index (χ1n) is 8.05. The van der Waals surface area contributed by atoms with E-state index < -0.39 is 11.7 Å². The number of alkyl halides is 3. The Kier molecular flexibility index (Phi) is 5.73. The van der Waals surface area contributed by atoms with Gasteiger partial charge in [-0.3, -0.25) is 0 Å². The summed E-state index contributed by atoms with van der Waals surface area (Å²) in [5.74, 6) is 0. The molecular formula is C17H17ClF3N5S. The van der Waals surface area contributed by atoms with Crippen LogP contribution in [0.4, 0.5) is 18.2 Å². The summed E-state index contributed by atoms with van der Waals surface area (Å²) in [5, 5.41) is 13.8. The second-order valence-electron chi connectivity index (χ2n) is 5.99. The Labute approximate surface area is 162 Å². The third kappa shape index (κ3) is 4.42. The third-order valence-corrected chi connectivity index (χ3v) is 5.19. The van der Waals surface area contributed by atoms with Gasteiger partial charge in [0.05, 0.1) is 10.6 Å². The van der Waals surface area contributed by atoms with Crippen molar-refractivity contribution in [1.29, 1.82) is 0 Å². The van der Waals surface area contributed by atoms with Gasteiger partial charge in [0.25, 0.3) is 0 Å². The summed E-state index contributed by atoms with van der Waals surface area (Å²) < 4.78 is 41.1. The van der Waals surface area contributed by atoms with E-state index in [4.69, 9.17) is 17.3 Å². The Bertz CT molecular complexity index is 902. The number of halogens is 4. The molecule has 3 rings (SSSR count). The molecule has 2 heterocycles. The third-order valence-electron chi connectivity index (χ3n) is 4.08. The first-order chi connectivity index (χ1) is 12.8. The van der Waals surface area contributed by atoms with E-state index in [9.17, 15) is 13.2 Å². The lowest BCUT2D eigenvalue weighted by atomic mass is 10.00. The molecule has 0 fully saturated rings. The van der Waals surface area contributed by atoms with Crippen LogP contribution >= 0.6 is 22.9 Å². The highest BCUT2D eigenvalue weighted by Crippen LogP contribution is 2.34. The number of aromatic nitrogens is 3. The molecule has 1 aromatic carbocycles. The predicted molar refractivity (Wildman–Crippen MR) is 101 cm³/mol. The highest BCUT2D eigenvalue weighted by molar-refractivity contribution is 7.14. The van der Waals surface area contributed by atoms with Crippen molar-refractivity contribution >= 4 is 27.9 Å². The average molecular weight is 416 g/mol. The first kappa shape index (κ1) is 19.7. The quantitative estimate of drug-likeness (QED) is 0.633. The second-order valence-corrected chi connectivity index (χ2v) is 7.26. The number of thiophene rings is 1. The summed E-state index contributed by atoms with van der Waals surface area (Å²) in [4.78, 5) is 0. The van der Waals surface area contributed by atoms with Gasteiger partial charge in [-0.1, -0.05) is 35.0 Å². The fraction of sp³-hybridized carbons (Fsp3) is 0.294. The number of rotatable bonds is 6. The second kappa shape index (κ2) is 7.87.